The normalized spacial score (nSPS) is 31.9. The van der Waals surface area contributed by atoms with Crippen LogP contribution in [-0.2, 0) is 11.2 Å². The summed E-state index contributed by atoms with van der Waals surface area (Å²) in [7, 11) is 0. The number of carbonyl (C=O) groups excluding carboxylic acids is 1. The third-order valence-corrected chi connectivity index (χ3v) is 7.69. The van der Waals surface area contributed by atoms with Crippen molar-refractivity contribution >= 4 is 5.78 Å². The van der Waals surface area contributed by atoms with Gasteiger partial charge in [0.05, 0.1) is 0 Å². The summed E-state index contributed by atoms with van der Waals surface area (Å²) < 4.78 is 13.7. The third-order valence-electron chi connectivity index (χ3n) is 7.69. The fourth-order valence-corrected chi connectivity index (χ4v) is 6.27. The molecule has 3 aliphatic rings. The van der Waals surface area contributed by atoms with E-state index < -0.39 is 0 Å². The number of Topliss-reactive ketones (excluding diaryl/α,β-unsaturated/α-hetero) is 1. The number of rotatable bonds is 1. The second kappa shape index (κ2) is 5.92. The fraction of sp³-hybridized carbons (Fsp3) is 0.458. The van der Waals surface area contributed by atoms with Gasteiger partial charge in [0.1, 0.15) is 17.3 Å². The van der Waals surface area contributed by atoms with Crippen LogP contribution >= 0.6 is 0 Å². The van der Waals surface area contributed by atoms with Gasteiger partial charge in [0.15, 0.2) is 0 Å². The number of phenols is 1. The van der Waals surface area contributed by atoms with E-state index in [1.54, 1.807) is 6.07 Å². The van der Waals surface area contributed by atoms with Gasteiger partial charge in [0.2, 0.25) is 0 Å². The van der Waals surface area contributed by atoms with Crippen molar-refractivity contribution in [1.82, 2.24) is 0 Å². The lowest BCUT2D eigenvalue weighted by atomic mass is 9.55. The van der Waals surface area contributed by atoms with Crippen molar-refractivity contribution in [2.75, 3.05) is 0 Å². The first kappa shape index (κ1) is 17.0. The lowest BCUT2D eigenvalue weighted by Gasteiger charge is -2.48. The molecule has 3 heteroatoms. The van der Waals surface area contributed by atoms with Crippen LogP contribution in [0.3, 0.4) is 0 Å². The topological polar surface area (TPSA) is 37.3 Å². The summed E-state index contributed by atoms with van der Waals surface area (Å²) >= 11 is 0. The highest BCUT2D eigenvalue weighted by Gasteiger charge is 2.54. The molecule has 2 saturated carbocycles. The molecule has 0 saturated heterocycles. The Morgan fingerprint density at radius 3 is 2.78 bits per heavy atom. The van der Waals surface area contributed by atoms with Crippen LogP contribution < -0.4 is 0 Å². The van der Waals surface area contributed by atoms with Gasteiger partial charge in [-0.25, -0.2) is 4.39 Å². The Balaban J connectivity index is 1.57. The van der Waals surface area contributed by atoms with Crippen molar-refractivity contribution in [1.29, 1.82) is 0 Å². The molecule has 0 heterocycles. The molecule has 1 N–H and O–H groups in total. The number of carbonyl (C=O) groups is 1. The summed E-state index contributed by atoms with van der Waals surface area (Å²) in [5.74, 6) is 1.89. The van der Waals surface area contributed by atoms with Gasteiger partial charge < -0.3 is 5.11 Å². The van der Waals surface area contributed by atoms with Crippen molar-refractivity contribution in [3.8, 4) is 16.9 Å². The van der Waals surface area contributed by atoms with E-state index in [1.807, 2.05) is 12.1 Å². The summed E-state index contributed by atoms with van der Waals surface area (Å²) in [5, 5.41) is 10.6. The molecule has 2 nitrogen and oxygen atoms in total. The molecule has 2 aromatic carbocycles. The van der Waals surface area contributed by atoms with Crippen LogP contribution in [0.2, 0.25) is 0 Å². The molecule has 0 radical (unpaired) electrons. The van der Waals surface area contributed by atoms with Crippen LogP contribution in [0.5, 0.6) is 5.75 Å². The zero-order valence-corrected chi connectivity index (χ0v) is 15.7. The summed E-state index contributed by atoms with van der Waals surface area (Å²) in [5.41, 5.74) is 3.84. The van der Waals surface area contributed by atoms with Crippen molar-refractivity contribution in [2.45, 2.75) is 51.4 Å². The maximum Gasteiger partial charge on any atom is 0.139 e. The molecule has 0 spiro atoms. The highest BCUT2D eigenvalue weighted by Crippen LogP contribution is 2.60. The quantitative estimate of drug-likeness (QED) is 0.713. The van der Waals surface area contributed by atoms with Crippen LogP contribution in [0.1, 0.15) is 56.1 Å². The number of hydrogen-bond donors (Lipinski definition) is 1. The first-order chi connectivity index (χ1) is 13.0. The molecule has 4 atom stereocenters. The van der Waals surface area contributed by atoms with E-state index in [-0.39, 0.29) is 17.0 Å². The molecule has 0 amide bonds. The fourth-order valence-electron chi connectivity index (χ4n) is 6.27. The Hall–Kier alpha value is -2.16. The lowest BCUT2D eigenvalue weighted by Crippen LogP contribution is -2.42. The minimum Gasteiger partial charge on any atom is -0.507 e. The third kappa shape index (κ3) is 2.47. The number of aromatic hydroxyl groups is 1. The van der Waals surface area contributed by atoms with Crippen molar-refractivity contribution in [2.24, 2.45) is 17.3 Å². The molecule has 2 fully saturated rings. The average Bonchev–Trinajstić information content (AvgIpc) is 2.96. The molecule has 3 aliphatic carbocycles. The van der Waals surface area contributed by atoms with Gasteiger partial charge in [0, 0.05) is 17.4 Å². The van der Waals surface area contributed by atoms with Crippen molar-refractivity contribution in [3.63, 3.8) is 0 Å². The molecule has 0 bridgehead atoms. The SMILES string of the molecule is C[C@]12CC[C@@H]3c4cc(-c5cccc(F)c5)c(O)cc4CC[C@H]3[C@@H]1CCC2=O. The predicted molar refractivity (Wildman–Crippen MR) is 103 cm³/mol. The van der Waals surface area contributed by atoms with Gasteiger partial charge in [0.25, 0.3) is 0 Å². The van der Waals surface area contributed by atoms with Crippen LogP contribution in [-0.4, -0.2) is 10.9 Å². The van der Waals surface area contributed by atoms with Crippen LogP contribution in [0.25, 0.3) is 11.1 Å². The van der Waals surface area contributed by atoms with E-state index in [2.05, 4.69) is 13.0 Å². The summed E-state index contributed by atoms with van der Waals surface area (Å²) in [6, 6.07) is 10.4. The molecule has 27 heavy (non-hydrogen) atoms. The molecule has 5 rings (SSSR count). The van der Waals surface area contributed by atoms with Gasteiger partial charge >= 0.3 is 0 Å². The van der Waals surface area contributed by atoms with E-state index in [0.29, 0.717) is 34.7 Å². The number of hydrogen-bond acceptors (Lipinski definition) is 2. The van der Waals surface area contributed by atoms with E-state index in [4.69, 9.17) is 0 Å². The number of fused-ring (bicyclic) bond motifs is 5. The van der Waals surface area contributed by atoms with Crippen LogP contribution in [0.4, 0.5) is 4.39 Å². The van der Waals surface area contributed by atoms with Crippen molar-refractivity contribution in [3.05, 3.63) is 53.3 Å². The first-order valence-electron chi connectivity index (χ1n) is 10.1. The number of benzene rings is 2. The van der Waals surface area contributed by atoms with Gasteiger partial charge in [-0.2, -0.15) is 0 Å². The van der Waals surface area contributed by atoms with E-state index in [1.165, 1.54) is 23.3 Å². The minimum atomic E-state index is -0.291. The highest BCUT2D eigenvalue weighted by molar-refractivity contribution is 5.87. The molecule has 0 aromatic heterocycles. The molecule has 0 unspecified atom stereocenters. The second-order valence-electron chi connectivity index (χ2n) is 8.91. The highest BCUT2D eigenvalue weighted by atomic mass is 19.1. The largest absolute Gasteiger partial charge is 0.507 e. The van der Waals surface area contributed by atoms with Crippen molar-refractivity contribution < 1.29 is 14.3 Å². The summed E-state index contributed by atoms with van der Waals surface area (Å²) in [4.78, 5) is 12.5. The summed E-state index contributed by atoms with van der Waals surface area (Å²) in [6.07, 6.45) is 5.82. The number of aryl methyl sites for hydroxylation is 1. The smallest absolute Gasteiger partial charge is 0.139 e. The number of ketones is 1. The zero-order valence-electron chi connectivity index (χ0n) is 15.7. The predicted octanol–water partition coefficient (Wildman–Crippen LogP) is 5.62. The molecule has 2 aromatic rings. The zero-order chi connectivity index (χ0) is 18.8. The molecule has 140 valence electrons. The van der Waals surface area contributed by atoms with E-state index in [9.17, 15) is 14.3 Å². The first-order valence-corrected chi connectivity index (χ1v) is 10.1. The maximum atomic E-state index is 13.7. The van der Waals surface area contributed by atoms with Gasteiger partial charge in [-0.3, -0.25) is 4.79 Å². The monoisotopic (exact) mass is 364 g/mol. The Labute approximate surface area is 159 Å². The Morgan fingerprint density at radius 1 is 1.11 bits per heavy atom. The number of halogens is 1. The van der Waals surface area contributed by atoms with Gasteiger partial charge in [-0.05, 0) is 90.8 Å². The van der Waals surface area contributed by atoms with Gasteiger partial charge in [-0.1, -0.05) is 19.1 Å². The molecule has 0 aliphatic heterocycles. The average molecular weight is 364 g/mol. The van der Waals surface area contributed by atoms with Crippen LogP contribution in [0.15, 0.2) is 36.4 Å². The molecular weight excluding hydrogens is 339 g/mol. The van der Waals surface area contributed by atoms with Crippen LogP contribution in [0, 0.1) is 23.1 Å². The second-order valence-corrected chi connectivity index (χ2v) is 8.91. The minimum absolute atomic E-state index is 0.124. The Bertz CT molecular complexity index is 934. The molecular formula is C24H25FO2. The Morgan fingerprint density at radius 2 is 1.96 bits per heavy atom. The maximum absolute atomic E-state index is 13.7. The summed E-state index contributed by atoms with van der Waals surface area (Å²) in [6.45, 7) is 2.19. The van der Waals surface area contributed by atoms with Gasteiger partial charge in [-0.15, -0.1) is 0 Å². The lowest BCUT2D eigenvalue weighted by molar-refractivity contribution is -0.129. The van der Waals surface area contributed by atoms with E-state index >= 15 is 0 Å². The van der Waals surface area contributed by atoms with E-state index in [0.717, 1.165) is 38.5 Å². The Kier molecular flexibility index (Phi) is 3.72. The standard InChI is InChI=1S/C24H25FO2/c1-24-10-9-17-18(21(24)7-8-23(24)27)6-5-15-12-22(26)20(13-19(15)17)14-3-2-4-16(25)11-14/h2-4,11-13,17-18,21,26H,5-10H2,1H3/t17-,18+,21-,24-/m0/s1. The number of phenolic OH excluding ortho intramolecular Hbond substituents is 1.